The highest BCUT2D eigenvalue weighted by molar-refractivity contribution is 6.12. The Morgan fingerprint density at radius 2 is 1.54 bits per heavy atom. The van der Waals surface area contributed by atoms with Gasteiger partial charge in [-0.3, -0.25) is 14.9 Å². The fourth-order valence-electron chi connectivity index (χ4n) is 6.83. The van der Waals surface area contributed by atoms with Gasteiger partial charge in [-0.25, -0.2) is 0 Å². The third kappa shape index (κ3) is 4.07. The lowest BCUT2D eigenvalue weighted by molar-refractivity contribution is -0.129. The average molecular weight is 540 g/mol. The molecule has 2 aliphatic heterocycles. The minimum absolute atomic E-state index is 0.121. The molecule has 0 aliphatic carbocycles. The number of aliphatic hydroxyl groups is 1. The van der Waals surface area contributed by atoms with Gasteiger partial charge < -0.3 is 15.4 Å². The summed E-state index contributed by atoms with van der Waals surface area (Å²) in [5.74, 6) is -1.85. The Balaban J connectivity index is 1.41. The molecule has 0 saturated carbocycles. The Morgan fingerprint density at radius 1 is 0.854 bits per heavy atom. The number of fused-ring (bicyclic) bond motifs is 3. The number of H-pyrrole nitrogens is 1. The summed E-state index contributed by atoms with van der Waals surface area (Å²) in [5, 5.41) is 18.9. The molecule has 1 fully saturated rings. The highest BCUT2D eigenvalue weighted by Crippen LogP contribution is 2.53. The minimum atomic E-state index is -1.31. The van der Waals surface area contributed by atoms with Crippen molar-refractivity contribution in [3.63, 3.8) is 0 Å². The standard InChI is InChI=1S/C35H29N3O3/c39-30(22-11-3-1-4-12-22)20-31(40)33-32(23-13-5-2-6-14-23)29(19-24-21-36-27-17-9-7-15-25(24)27)38-35(33)26-16-8-10-18-28(26)37-34(35)41/h1-18,20-21,29,32-33,36,38-39H,19H2,(H,37,41)/b30-20-/t29-,32-,33+,35+/m1/s1. The number of aliphatic hydroxyl groups excluding tert-OH is 1. The van der Waals surface area contributed by atoms with Gasteiger partial charge in [-0.1, -0.05) is 97.1 Å². The van der Waals surface area contributed by atoms with Crippen LogP contribution < -0.4 is 10.6 Å². The fourth-order valence-corrected chi connectivity index (χ4v) is 6.83. The molecule has 1 saturated heterocycles. The largest absolute Gasteiger partial charge is 0.507 e. The van der Waals surface area contributed by atoms with Crippen molar-refractivity contribution in [2.24, 2.45) is 5.92 Å². The molecule has 6 heteroatoms. The molecule has 202 valence electrons. The molecule has 1 spiro atoms. The first-order valence-corrected chi connectivity index (χ1v) is 13.8. The fraction of sp³-hybridized carbons (Fsp3) is 0.143. The van der Waals surface area contributed by atoms with E-state index in [0.717, 1.165) is 27.6 Å². The number of amides is 1. The van der Waals surface area contributed by atoms with E-state index >= 15 is 0 Å². The molecule has 3 heterocycles. The highest BCUT2D eigenvalue weighted by atomic mass is 16.3. The molecular formula is C35H29N3O3. The van der Waals surface area contributed by atoms with Gasteiger partial charge in [0.15, 0.2) is 5.78 Å². The van der Waals surface area contributed by atoms with Crippen LogP contribution >= 0.6 is 0 Å². The molecule has 0 radical (unpaired) electrons. The van der Waals surface area contributed by atoms with E-state index < -0.39 is 11.5 Å². The zero-order valence-corrected chi connectivity index (χ0v) is 22.2. The second kappa shape index (κ2) is 9.91. The number of para-hydroxylation sites is 2. The predicted octanol–water partition coefficient (Wildman–Crippen LogP) is 6.10. The molecule has 4 aromatic carbocycles. The van der Waals surface area contributed by atoms with Gasteiger partial charge in [0.2, 0.25) is 5.91 Å². The third-order valence-corrected chi connectivity index (χ3v) is 8.58. The number of rotatable bonds is 6. The van der Waals surface area contributed by atoms with Gasteiger partial charge in [0.05, 0.1) is 5.92 Å². The Morgan fingerprint density at radius 3 is 2.34 bits per heavy atom. The third-order valence-electron chi connectivity index (χ3n) is 8.58. The van der Waals surface area contributed by atoms with Gasteiger partial charge in [0.1, 0.15) is 11.3 Å². The molecule has 2 aliphatic rings. The summed E-state index contributed by atoms with van der Waals surface area (Å²) in [4.78, 5) is 31.8. The lowest BCUT2D eigenvalue weighted by Gasteiger charge is -2.30. The number of benzene rings is 4. The topological polar surface area (TPSA) is 94.2 Å². The number of ketones is 1. The summed E-state index contributed by atoms with van der Waals surface area (Å²) in [6.45, 7) is 0. The molecule has 0 bridgehead atoms. The number of aromatic nitrogens is 1. The van der Waals surface area contributed by atoms with Gasteiger partial charge in [-0.05, 0) is 29.7 Å². The number of hydrogen-bond acceptors (Lipinski definition) is 4. The number of allylic oxidation sites excluding steroid dienone is 1. The maximum absolute atomic E-state index is 14.4. The maximum atomic E-state index is 14.4. The van der Waals surface area contributed by atoms with Crippen LogP contribution in [0.2, 0.25) is 0 Å². The number of hydrogen-bond donors (Lipinski definition) is 4. The summed E-state index contributed by atoms with van der Waals surface area (Å²) in [6.07, 6.45) is 3.90. The molecule has 0 unspecified atom stereocenters. The molecule has 4 N–H and O–H groups in total. The average Bonchev–Trinajstić information content (AvgIpc) is 3.66. The van der Waals surface area contributed by atoms with Gasteiger partial charge in [0, 0.05) is 51.9 Å². The first-order chi connectivity index (χ1) is 20.1. The van der Waals surface area contributed by atoms with Crippen LogP contribution in [0.15, 0.2) is 121 Å². The van der Waals surface area contributed by atoms with Crippen molar-refractivity contribution in [1.82, 2.24) is 10.3 Å². The zero-order valence-electron chi connectivity index (χ0n) is 22.2. The Kier molecular flexibility index (Phi) is 6.06. The van der Waals surface area contributed by atoms with Crippen LogP contribution in [0.25, 0.3) is 16.7 Å². The number of nitrogens with one attached hydrogen (secondary N) is 3. The molecule has 41 heavy (non-hydrogen) atoms. The van der Waals surface area contributed by atoms with E-state index in [1.54, 1.807) is 12.1 Å². The van der Waals surface area contributed by atoms with Crippen LogP contribution in [0, 0.1) is 5.92 Å². The Labute approximate surface area is 237 Å². The van der Waals surface area contributed by atoms with E-state index in [1.165, 1.54) is 6.08 Å². The van der Waals surface area contributed by atoms with E-state index in [-0.39, 0.29) is 29.4 Å². The second-order valence-electron chi connectivity index (χ2n) is 10.8. The van der Waals surface area contributed by atoms with Crippen molar-refractivity contribution < 1.29 is 14.7 Å². The number of anilines is 1. The van der Waals surface area contributed by atoms with Crippen molar-refractivity contribution >= 4 is 34.0 Å². The minimum Gasteiger partial charge on any atom is -0.507 e. The molecule has 6 nitrogen and oxygen atoms in total. The van der Waals surface area contributed by atoms with Crippen LogP contribution in [0.3, 0.4) is 0 Å². The van der Waals surface area contributed by atoms with Crippen LogP contribution in [0.4, 0.5) is 5.69 Å². The van der Waals surface area contributed by atoms with Crippen LogP contribution in [-0.4, -0.2) is 27.8 Å². The van der Waals surface area contributed by atoms with Gasteiger partial charge in [-0.15, -0.1) is 0 Å². The van der Waals surface area contributed by atoms with Gasteiger partial charge >= 0.3 is 0 Å². The van der Waals surface area contributed by atoms with Crippen molar-refractivity contribution in [3.8, 4) is 0 Å². The summed E-state index contributed by atoms with van der Waals surface area (Å²) in [6, 6.07) is 34.4. The van der Waals surface area contributed by atoms with Crippen molar-refractivity contribution in [1.29, 1.82) is 0 Å². The summed E-state index contributed by atoms with van der Waals surface area (Å²) >= 11 is 0. The van der Waals surface area contributed by atoms with E-state index in [9.17, 15) is 14.7 Å². The van der Waals surface area contributed by atoms with Crippen molar-refractivity contribution in [2.45, 2.75) is 23.9 Å². The van der Waals surface area contributed by atoms with Crippen LogP contribution in [-0.2, 0) is 21.5 Å². The van der Waals surface area contributed by atoms with Crippen molar-refractivity contribution in [3.05, 3.63) is 144 Å². The lowest BCUT2D eigenvalue weighted by atomic mass is 9.70. The molecule has 7 rings (SSSR count). The van der Waals surface area contributed by atoms with E-state index in [0.29, 0.717) is 17.7 Å². The van der Waals surface area contributed by atoms with Crippen LogP contribution in [0.5, 0.6) is 0 Å². The van der Waals surface area contributed by atoms with Gasteiger partial charge in [-0.2, -0.15) is 0 Å². The second-order valence-corrected chi connectivity index (χ2v) is 10.8. The van der Waals surface area contributed by atoms with Crippen molar-refractivity contribution in [2.75, 3.05) is 5.32 Å². The molecular weight excluding hydrogens is 510 g/mol. The normalized spacial score (nSPS) is 23.6. The lowest BCUT2D eigenvalue weighted by Crippen LogP contribution is -2.51. The Bertz CT molecular complexity index is 1790. The molecule has 5 aromatic rings. The summed E-state index contributed by atoms with van der Waals surface area (Å²) in [5.41, 5.74) is 3.79. The Hall–Kier alpha value is -4.94. The summed E-state index contributed by atoms with van der Waals surface area (Å²) in [7, 11) is 0. The molecule has 1 aromatic heterocycles. The quantitative estimate of drug-likeness (QED) is 0.155. The highest BCUT2D eigenvalue weighted by Gasteiger charge is 2.63. The number of carbonyl (C=O) groups excluding carboxylic acids is 2. The first kappa shape index (κ1) is 25.1. The monoisotopic (exact) mass is 539 g/mol. The number of aromatic amines is 1. The smallest absolute Gasteiger partial charge is 0.250 e. The van der Waals surface area contributed by atoms with E-state index in [2.05, 4.69) is 21.7 Å². The van der Waals surface area contributed by atoms with E-state index in [1.807, 2.05) is 97.2 Å². The predicted molar refractivity (Wildman–Crippen MR) is 160 cm³/mol. The molecule has 4 atom stereocenters. The first-order valence-electron chi connectivity index (χ1n) is 13.8. The SMILES string of the molecule is O=C(/C=C(\O)c1ccccc1)[C@H]1[C@H](c2ccccc2)[C@@H](Cc2c[nH]c3ccccc23)N[C@]12C(=O)Nc1ccccc12. The van der Waals surface area contributed by atoms with Gasteiger partial charge in [0.25, 0.3) is 0 Å². The van der Waals surface area contributed by atoms with E-state index in [4.69, 9.17) is 0 Å². The van der Waals surface area contributed by atoms with Crippen LogP contribution in [0.1, 0.15) is 28.2 Å². The molecule has 1 amide bonds. The summed E-state index contributed by atoms with van der Waals surface area (Å²) < 4.78 is 0. The number of carbonyl (C=O) groups is 2. The zero-order chi connectivity index (χ0) is 28.0. The maximum Gasteiger partial charge on any atom is 0.250 e.